The van der Waals surface area contributed by atoms with Crippen molar-refractivity contribution < 1.29 is 41.2 Å². The SMILES string of the molecule is O=C([O-])c1cccc(Br)c1OBr.O=C([O-])c1cccc(Br)c1OBr.O=C([O-])c1cccc(Br)c1OBr.[Al+3]. The maximum Gasteiger partial charge on any atom is 3.00 e. The van der Waals surface area contributed by atoms with Gasteiger partial charge in [-0.05, 0) is 84.2 Å². The number of aromatic carboxylic acids is 3. The van der Waals surface area contributed by atoms with Crippen LogP contribution in [0, 0.1) is 0 Å². The Balaban J connectivity index is 0.000000518. The number of carbonyl (C=O) groups is 3. The normalized spacial score (nSPS) is 9.24. The molecule has 16 heteroatoms. The van der Waals surface area contributed by atoms with Gasteiger partial charge in [0, 0.05) is 16.7 Å². The third kappa shape index (κ3) is 10.9. The van der Waals surface area contributed by atoms with Gasteiger partial charge in [-0.2, -0.15) is 0 Å². The van der Waals surface area contributed by atoms with E-state index in [2.05, 4.69) is 108 Å². The van der Waals surface area contributed by atoms with Crippen molar-refractivity contribution in [2.75, 3.05) is 0 Å². The van der Waals surface area contributed by atoms with Crippen molar-refractivity contribution in [3.63, 3.8) is 0 Å². The molecule has 0 aliphatic rings. The Morgan fingerprint density at radius 1 is 0.514 bits per heavy atom. The zero-order valence-electron chi connectivity index (χ0n) is 17.7. The Labute approximate surface area is 272 Å². The molecule has 3 rings (SSSR count). The van der Waals surface area contributed by atoms with Crippen molar-refractivity contribution in [1.82, 2.24) is 0 Å². The fourth-order valence-corrected chi connectivity index (χ4v) is 5.28. The van der Waals surface area contributed by atoms with E-state index in [-0.39, 0.29) is 51.3 Å². The van der Waals surface area contributed by atoms with Gasteiger partial charge in [-0.25, -0.2) is 0 Å². The zero-order valence-corrected chi connectivity index (χ0v) is 28.4. The molecule has 0 heterocycles. The number of benzene rings is 3. The Kier molecular flexibility index (Phi) is 17.7. The van der Waals surface area contributed by atoms with Gasteiger partial charge >= 0.3 is 17.4 Å². The topological polar surface area (TPSA) is 148 Å². The summed E-state index contributed by atoms with van der Waals surface area (Å²) in [5, 5.41) is 31.5. The summed E-state index contributed by atoms with van der Waals surface area (Å²) >= 11 is 17.5. The first-order valence-corrected chi connectivity index (χ1v) is 13.2. The summed E-state index contributed by atoms with van der Waals surface area (Å²) in [6.07, 6.45) is 0. The van der Waals surface area contributed by atoms with Crippen molar-refractivity contribution in [2.45, 2.75) is 0 Å². The standard InChI is InChI=1S/3C7H4Br2O3.Al/c3*8-5-3-1-2-4(7(10)11)6(5)12-9;/h3*1-3H,(H,10,11);/q;;;+3/p-3. The number of carbonyl (C=O) groups excluding carboxylic acids is 3. The molecule has 0 saturated carbocycles. The van der Waals surface area contributed by atoms with E-state index in [9.17, 15) is 29.7 Å². The number of carboxylic acids is 3. The van der Waals surface area contributed by atoms with Crippen LogP contribution in [0.2, 0.25) is 0 Å². The summed E-state index contributed by atoms with van der Waals surface area (Å²) in [5.74, 6) is -3.20. The molecular weight excluding hydrogens is 903 g/mol. The maximum atomic E-state index is 10.5. The minimum atomic E-state index is -1.27. The molecule has 37 heavy (non-hydrogen) atoms. The van der Waals surface area contributed by atoms with Gasteiger partial charge in [0.2, 0.25) is 0 Å². The van der Waals surface area contributed by atoms with Crippen molar-refractivity contribution in [2.24, 2.45) is 0 Å². The Hall–Kier alpha value is -1.12. The van der Waals surface area contributed by atoms with Gasteiger partial charge in [-0.3, -0.25) is 0 Å². The maximum absolute atomic E-state index is 10.5. The summed E-state index contributed by atoms with van der Waals surface area (Å²) in [5.41, 5.74) is 0.00347. The number of carboxylic acid groups (broad SMARTS) is 3. The summed E-state index contributed by atoms with van der Waals surface area (Å²) in [7, 11) is 0. The van der Waals surface area contributed by atoms with Crippen LogP contribution < -0.4 is 26.8 Å². The zero-order chi connectivity index (χ0) is 27.4. The molecule has 9 nitrogen and oxygen atoms in total. The molecule has 0 aliphatic heterocycles. The van der Waals surface area contributed by atoms with Crippen LogP contribution in [0.3, 0.4) is 0 Å². The van der Waals surface area contributed by atoms with E-state index >= 15 is 0 Å². The Morgan fingerprint density at radius 2 is 0.730 bits per heavy atom. The second-order valence-electron chi connectivity index (χ2n) is 5.94. The molecule has 0 amide bonds. The molecule has 192 valence electrons. The quantitative estimate of drug-likeness (QED) is 0.334. The van der Waals surface area contributed by atoms with Crippen LogP contribution in [0.25, 0.3) is 0 Å². The first-order chi connectivity index (χ1) is 17.0. The van der Waals surface area contributed by atoms with E-state index in [1.54, 1.807) is 36.4 Å². The molecule has 0 atom stereocenters. The van der Waals surface area contributed by atoms with Crippen LogP contribution in [0.1, 0.15) is 31.1 Å². The van der Waals surface area contributed by atoms with E-state index in [4.69, 9.17) is 0 Å². The second-order valence-corrected chi connectivity index (χ2v) is 9.48. The van der Waals surface area contributed by atoms with Gasteiger partial charge in [0.1, 0.15) is 0 Å². The molecule has 3 aromatic carbocycles. The molecule has 0 N–H and O–H groups in total. The molecule has 0 unspecified atom stereocenters. The van der Waals surface area contributed by atoms with Crippen molar-refractivity contribution >= 4 is 132 Å². The molecule has 0 saturated heterocycles. The number of rotatable bonds is 6. The van der Waals surface area contributed by atoms with Crippen molar-refractivity contribution in [3.8, 4) is 17.2 Å². The minimum absolute atomic E-state index is 0. The molecule has 0 aromatic heterocycles. The van der Waals surface area contributed by atoms with E-state index in [0.717, 1.165) is 0 Å². The first kappa shape index (κ1) is 35.9. The predicted molar refractivity (Wildman–Crippen MR) is 150 cm³/mol. The molecule has 0 spiro atoms. The van der Waals surface area contributed by atoms with Crippen LogP contribution in [0.15, 0.2) is 68.0 Å². The van der Waals surface area contributed by atoms with Crippen LogP contribution in [0.4, 0.5) is 0 Å². The number of para-hydroxylation sites is 3. The number of hydrogen-bond acceptors (Lipinski definition) is 9. The third-order valence-corrected chi connectivity index (χ3v) is 6.64. The smallest absolute Gasteiger partial charge is 0.545 e. The Bertz CT molecular complexity index is 1090. The number of hydrogen-bond donors (Lipinski definition) is 0. The summed E-state index contributed by atoms with van der Waals surface area (Å²) < 4.78 is 15.7. The van der Waals surface area contributed by atoms with Gasteiger partial charge in [0.05, 0.1) is 31.3 Å². The van der Waals surface area contributed by atoms with Crippen LogP contribution in [-0.2, 0) is 0 Å². The Morgan fingerprint density at radius 3 is 0.865 bits per heavy atom. The van der Waals surface area contributed by atoms with Crippen molar-refractivity contribution in [3.05, 3.63) is 84.7 Å². The molecule has 0 aliphatic carbocycles. The first-order valence-electron chi connectivity index (χ1n) is 8.85. The van der Waals surface area contributed by atoms with Crippen LogP contribution >= 0.6 is 96.6 Å². The second kappa shape index (κ2) is 18.2. The summed E-state index contributed by atoms with van der Waals surface area (Å²) in [4.78, 5) is 31.5. The van der Waals surface area contributed by atoms with Gasteiger partial charge in [0.25, 0.3) is 0 Å². The molecule has 3 aromatic rings. The van der Waals surface area contributed by atoms with Gasteiger partial charge in [-0.15, -0.1) is 0 Å². The minimum Gasteiger partial charge on any atom is -0.545 e. The monoisotopic (exact) mass is 906 g/mol. The van der Waals surface area contributed by atoms with Crippen LogP contribution in [-0.4, -0.2) is 35.3 Å². The van der Waals surface area contributed by atoms with E-state index in [1.807, 2.05) is 0 Å². The molecule has 0 radical (unpaired) electrons. The van der Waals surface area contributed by atoms with Gasteiger partial charge in [-0.1, -0.05) is 18.2 Å². The third-order valence-electron chi connectivity index (χ3n) is 3.79. The fraction of sp³-hybridized carbons (Fsp3) is 0. The summed E-state index contributed by atoms with van der Waals surface area (Å²) in [6, 6.07) is 14.0. The molecular formula is C21H9AlBr6O9. The molecule has 0 bridgehead atoms. The average Bonchev–Trinajstić information content (AvgIpc) is 2.84. The van der Waals surface area contributed by atoms with E-state index in [1.165, 1.54) is 18.2 Å². The van der Waals surface area contributed by atoms with E-state index in [0.29, 0.717) is 13.4 Å². The fourth-order valence-electron chi connectivity index (χ4n) is 2.24. The van der Waals surface area contributed by atoms with Crippen molar-refractivity contribution in [1.29, 1.82) is 0 Å². The number of halogens is 6. The predicted octanol–water partition coefficient (Wildman–Crippen LogP) is 4.12. The summed E-state index contributed by atoms with van der Waals surface area (Å²) in [6.45, 7) is 0. The van der Waals surface area contributed by atoms with Gasteiger partial charge in [0.15, 0.2) is 66.0 Å². The average molecular weight is 912 g/mol. The van der Waals surface area contributed by atoms with E-state index < -0.39 is 17.9 Å². The van der Waals surface area contributed by atoms with Crippen LogP contribution in [0.5, 0.6) is 17.2 Å². The molecule has 0 fully saturated rings. The largest absolute Gasteiger partial charge is 3.00 e. The van der Waals surface area contributed by atoms with Gasteiger partial charge < -0.3 is 41.2 Å².